The van der Waals surface area contributed by atoms with Crippen LogP contribution in [0.1, 0.15) is 24.0 Å². The second kappa shape index (κ2) is 4.13. The molecule has 0 saturated carbocycles. The first-order chi connectivity index (χ1) is 9.09. The van der Waals surface area contributed by atoms with E-state index in [0.717, 1.165) is 16.9 Å². The lowest BCUT2D eigenvalue weighted by Gasteiger charge is -2.23. The van der Waals surface area contributed by atoms with Crippen molar-refractivity contribution in [2.75, 3.05) is 0 Å². The monoisotopic (exact) mass is 253 g/mol. The summed E-state index contributed by atoms with van der Waals surface area (Å²) in [5.41, 5.74) is 8.40. The van der Waals surface area contributed by atoms with Crippen LogP contribution >= 0.6 is 0 Å². The molecular formula is C14H15N5. The summed E-state index contributed by atoms with van der Waals surface area (Å²) in [6.07, 6.45) is 1.72. The van der Waals surface area contributed by atoms with Crippen LogP contribution in [0.5, 0.6) is 0 Å². The van der Waals surface area contributed by atoms with Gasteiger partial charge in [-0.25, -0.2) is 4.98 Å². The Bertz CT molecular complexity index is 715. The van der Waals surface area contributed by atoms with Crippen LogP contribution in [0.25, 0.3) is 5.65 Å². The molecule has 2 heterocycles. The lowest BCUT2D eigenvalue weighted by molar-refractivity contribution is 0.549. The summed E-state index contributed by atoms with van der Waals surface area (Å²) in [6, 6.07) is 11.8. The Morgan fingerprint density at radius 2 is 1.89 bits per heavy atom. The van der Waals surface area contributed by atoms with Gasteiger partial charge < -0.3 is 5.73 Å². The average molecular weight is 253 g/mol. The van der Waals surface area contributed by atoms with E-state index in [-0.39, 0.29) is 0 Å². The number of nitrogens with zero attached hydrogens (tertiary/aromatic N) is 4. The number of fused-ring (bicyclic) bond motifs is 1. The average Bonchev–Trinajstić information content (AvgIpc) is 2.83. The minimum atomic E-state index is -0.711. The maximum Gasteiger partial charge on any atom is 0.163 e. The second-order valence-electron chi connectivity index (χ2n) is 4.85. The molecule has 0 fully saturated rings. The van der Waals surface area contributed by atoms with Gasteiger partial charge in [0.2, 0.25) is 0 Å². The minimum absolute atomic E-state index is 0.682. The largest absolute Gasteiger partial charge is 0.315 e. The van der Waals surface area contributed by atoms with E-state index < -0.39 is 5.54 Å². The molecule has 1 unspecified atom stereocenters. The fraction of sp³-hybridized carbons (Fsp3) is 0.214. The molecule has 96 valence electrons. The van der Waals surface area contributed by atoms with Crippen molar-refractivity contribution in [1.82, 2.24) is 19.6 Å². The predicted octanol–water partition coefficient (Wildman–Crippen LogP) is 1.65. The summed E-state index contributed by atoms with van der Waals surface area (Å²) >= 11 is 0. The Morgan fingerprint density at radius 3 is 2.63 bits per heavy atom. The SMILES string of the molecule is Cc1cc2nnc(C(C)(N)c3ccccc3)n2cn1. The van der Waals surface area contributed by atoms with Crippen molar-refractivity contribution in [2.45, 2.75) is 19.4 Å². The van der Waals surface area contributed by atoms with E-state index in [1.807, 2.05) is 54.6 Å². The highest BCUT2D eigenvalue weighted by Crippen LogP contribution is 2.25. The summed E-state index contributed by atoms with van der Waals surface area (Å²) in [7, 11) is 0. The van der Waals surface area contributed by atoms with Crippen molar-refractivity contribution in [3.05, 3.63) is 59.8 Å². The topological polar surface area (TPSA) is 69.1 Å². The van der Waals surface area contributed by atoms with Crippen molar-refractivity contribution < 1.29 is 0 Å². The molecule has 19 heavy (non-hydrogen) atoms. The van der Waals surface area contributed by atoms with Gasteiger partial charge in [0.1, 0.15) is 6.33 Å². The van der Waals surface area contributed by atoms with Crippen LogP contribution in [0.2, 0.25) is 0 Å². The molecule has 2 N–H and O–H groups in total. The summed E-state index contributed by atoms with van der Waals surface area (Å²) in [4.78, 5) is 4.27. The normalized spacial score (nSPS) is 14.5. The van der Waals surface area contributed by atoms with Gasteiger partial charge >= 0.3 is 0 Å². The summed E-state index contributed by atoms with van der Waals surface area (Å²) in [5, 5.41) is 8.40. The molecule has 0 radical (unpaired) electrons. The third-order valence-corrected chi connectivity index (χ3v) is 3.27. The van der Waals surface area contributed by atoms with E-state index in [4.69, 9.17) is 5.73 Å². The molecule has 5 nitrogen and oxygen atoms in total. The molecule has 0 aliphatic rings. The highest BCUT2D eigenvalue weighted by atomic mass is 15.3. The fourth-order valence-corrected chi connectivity index (χ4v) is 2.16. The maximum absolute atomic E-state index is 6.46. The van der Waals surface area contributed by atoms with Crippen molar-refractivity contribution in [3.8, 4) is 0 Å². The number of hydrogen-bond donors (Lipinski definition) is 1. The molecule has 0 bridgehead atoms. The van der Waals surface area contributed by atoms with Crippen LogP contribution in [0.15, 0.2) is 42.7 Å². The Balaban J connectivity index is 2.19. The van der Waals surface area contributed by atoms with Crippen LogP contribution in [0.3, 0.4) is 0 Å². The molecule has 2 aromatic heterocycles. The highest BCUT2D eigenvalue weighted by molar-refractivity contribution is 5.41. The molecule has 3 aromatic rings. The zero-order valence-electron chi connectivity index (χ0n) is 10.9. The van der Waals surface area contributed by atoms with Gasteiger partial charge in [0.15, 0.2) is 11.5 Å². The first kappa shape index (κ1) is 11.8. The van der Waals surface area contributed by atoms with Gasteiger partial charge in [-0.3, -0.25) is 4.40 Å². The van der Waals surface area contributed by atoms with Crippen LogP contribution in [-0.2, 0) is 5.54 Å². The fourth-order valence-electron chi connectivity index (χ4n) is 2.16. The standard InChI is InChI=1S/C14H15N5/c1-10-8-12-17-18-13(19(12)9-16-10)14(2,15)11-6-4-3-5-7-11/h3-9H,15H2,1-2H3. The Kier molecular flexibility index (Phi) is 2.57. The van der Waals surface area contributed by atoms with Gasteiger partial charge in [0.25, 0.3) is 0 Å². The van der Waals surface area contributed by atoms with E-state index in [1.54, 1.807) is 6.33 Å². The zero-order chi connectivity index (χ0) is 13.5. The summed E-state index contributed by atoms with van der Waals surface area (Å²) < 4.78 is 1.83. The van der Waals surface area contributed by atoms with Crippen molar-refractivity contribution in [1.29, 1.82) is 0 Å². The van der Waals surface area contributed by atoms with Gasteiger partial charge in [-0.15, -0.1) is 10.2 Å². The van der Waals surface area contributed by atoms with E-state index in [0.29, 0.717) is 5.82 Å². The summed E-state index contributed by atoms with van der Waals surface area (Å²) in [5.74, 6) is 0.682. The molecule has 5 heteroatoms. The number of aryl methyl sites for hydroxylation is 1. The van der Waals surface area contributed by atoms with Crippen molar-refractivity contribution >= 4 is 5.65 Å². The number of rotatable bonds is 2. The quantitative estimate of drug-likeness (QED) is 0.754. The van der Waals surface area contributed by atoms with E-state index in [2.05, 4.69) is 15.2 Å². The molecule has 3 rings (SSSR count). The Labute approximate surface area is 111 Å². The molecule has 0 amide bonds. The molecule has 0 saturated heterocycles. The molecule has 1 atom stereocenters. The minimum Gasteiger partial charge on any atom is -0.315 e. The first-order valence-electron chi connectivity index (χ1n) is 6.11. The number of nitrogens with two attached hydrogens (primary N) is 1. The Hall–Kier alpha value is -2.27. The van der Waals surface area contributed by atoms with Crippen molar-refractivity contribution in [2.24, 2.45) is 5.73 Å². The first-order valence-corrected chi connectivity index (χ1v) is 6.11. The smallest absolute Gasteiger partial charge is 0.163 e. The van der Waals surface area contributed by atoms with Crippen LogP contribution in [0, 0.1) is 6.92 Å². The molecule has 1 aromatic carbocycles. The van der Waals surface area contributed by atoms with E-state index in [1.165, 1.54) is 0 Å². The maximum atomic E-state index is 6.46. The van der Waals surface area contributed by atoms with E-state index in [9.17, 15) is 0 Å². The van der Waals surface area contributed by atoms with Gasteiger partial charge in [0.05, 0.1) is 5.54 Å². The van der Waals surface area contributed by atoms with Gasteiger partial charge in [-0.05, 0) is 19.4 Å². The van der Waals surface area contributed by atoms with Crippen LogP contribution in [0.4, 0.5) is 0 Å². The molecular weight excluding hydrogens is 238 g/mol. The van der Waals surface area contributed by atoms with Gasteiger partial charge in [0, 0.05) is 11.8 Å². The lowest BCUT2D eigenvalue weighted by Crippen LogP contribution is -2.36. The molecule has 0 aliphatic heterocycles. The van der Waals surface area contributed by atoms with E-state index >= 15 is 0 Å². The number of aromatic nitrogens is 4. The summed E-state index contributed by atoms with van der Waals surface area (Å²) in [6.45, 7) is 3.85. The van der Waals surface area contributed by atoms with Crippen molar-refractivity contribution in [3.63, 3.8) is 0 Å². The highest BCUT2D eigenvalue weighted by Gasteiger charge is 2.29. The second-order valence-corrected chi connectivity index (χ2v) is 4.85. The van der Waals surface area contributed by atoms with Gasteiger partial charge in [-0.1, -0.05) is 30.3 Å². The Morgan fingerprint density at radius 1 is 1.16 bits per heavy atom. The van der Waals surface area contributed by atoms with Gasteiger partial charge in [-0.2, -0.15) is 0 Å². The predicted molar refractivity (Wildman–Crippen MR) is 72.6 cm³/mol. The third kappa shape index (κ3) is 1.88. The third-order valence-electron chi connectivity index (χ3n) is 3.27. The molecule has 0 aliphatic carbocycles. The number of benzene rings is 1. The van der Waals surface area contributed by atoms with Crippen LogP contribution in [-0.4, -0.2) is 19.6 Å². The van der Waals surface area contributed by atoms with Crippen LogP contribution < -0.4 is 5.73 Å². The zero-order valence-corrected chi connectivity index (χ0v) is 10.9. The number of hydrogen-bond acceptors (Lipinski definition) is 4. The molecule has 0 spiro atoms. The lowest BCUT2D eigenvalue weighted by atomic mass is 9.92.